The summed E-state index contributed by atoms with van der Waals surface area (Å²) in [5, 5.41) is 13.0. The lowest BCUT2D eigenvalue weighted by atomic mass is 10.0. The van der Waals surface area contributed by atoms with E-state index in [9.17, 15) is 4.79 Å². The molecule has 18 heavy (non-hydrogen) atoms. The van der Waals surface area contributed by atoms with Crippen LogP contribution in [0, 0.1) is 0 Å². The predicted molar refractivity (Wildman–Crippen MR) is 74.0 cm³/mol. The third kappa shape index (κ3) is 4.67. The molecule has 0 aromatic heterocycles. The molecule has 0 saturated carbocycles. The highest BCUT2D eigenvalue weighted by atomic mass is 35.5. The molecule has 0 fully saturated rings. The highest BCUT2D eigenvalue weighted by Gasteiger charge is 2.19. The summed E-state index contributed by atoms with van der Waals surface area (Å²) in [6.45, 7) is 4.01. The number of aliphatic carboxylic acids is 1. The Balaban J connectivity index is 2.65. The van der Waals surface area contributed by atoms with Gasteiger partial charge in [0.15, 0.2) is 0 Å². The van der Waals surface area contributed by atoms with E-state index >= 15 is 0 Å². The van der Waals surface area contributed by atoms with E-state index in [0.29, 0.717) is 11.4 Å². The zero-order valence-electron chi connectivity index (χ0n) is 10.8. The minimum Gasteiger partial charge on any atom is -0.480 e. The van der Waals surface area contributed by atoms with Crippen LogP contribution in [0.1, 0.15) is 44.7 Å². The van der Waals surface area contributed by atoms with Gasteiger partial charge in [0.1, 0.15) is 6.04 Å². The van der Waals surface area contributed by atoms with Gasteiger partial charge in [-0.2, -0.15) is 0 Å². The molecule has 3 nitrogen and oxygen atoms in total. The van der Waals surface area contributed by atoms with Crippen LogP contribution in [-0.4, -0.2) is 17.1 Å². The summed E-state index contributed by atoms with van der Waals surface area (Å²) in [6.07, 6.45) is 2.56. The molecule has 0 heterocycles. The summed E-state index contributed by atoms with van der Waals surface area (Å²) in [5.41, 5.74) is 1.00. The van der Waals surface area contributed by atoms with Crippen molar-refractivity contribution in [1.29, 1.82) is 0 Å². The molecule has 0 saturated heterocycles. The van der Waals surface area contributed by atoms with E-state index in [-0.39, 0.29) is 6.04 Å². The fraction of sp³-hybridized carbons (Fsp3) is 0.500. The number of carbonyl (C=O) groups is 1. The Morgan fingerprint density at radius 3 is 2.78 bits per heavy atom. The van der Waals surface area contributed by atoms with Crippen molar-refractivity contribution in [2.75, 3.05) is 0 Å². The number of carboxylic acid groups (broad SMARTS) is 1. The Labute approximate surface area is 113 Å². The van der Waals surface area contributed by atoms with E-state index in [4.69, 9.17) is 16.7 Å². The van der Waals surface area contributed by atoms with Gasteiger partial charge in [0.2, 0.25) is 0 Å². The van der Waals surface area contributed by atoms with Crippen LogP contribution in [0.25, 0.3) is 0 Å². The lowest BCUT2D eigenvalue weighted by molar-refractivity contribution is -0.139. The molecule has 4 heteroatoms. The van der Waals surface area contributed by atoms with Crippen LogP contribution in [0.5, 0.6) is 0 Å². The first-order valence-corrected chi connectivity index (χ1v) is 6.66. The molecule has 1 aromatic carbocycles. The van der Waals surface area contributed by atoms with E-state index < -0.39 is 12.0 Å². The van der Waals surface area contributed by atoms with Crippen molar-refractivity contribution in [3.05, 3.63) is 34.9 Å². The van der Waals surface area contributed by atoms with Crippen molar-refractivity contribution in [3.8, 4) is 0 Å². The largest absolute Gasteiger partial charge is 0.480 e. The molecule has 0 radical (unpaired) electrons. The molecule has 2 atom stereocenters. The predicted octanol–water partition coefficient (Wildman–Crippen LogP) is 3.63. The fourth-order valence-electron chi connectivity index (χ4n) is 1.86. The lowest BCUT2D eigenvalue weighted by Crippen LogP contribution is -2.38. The average molecular weight is 270 g/mol. The Bertz CT molecular complexity index is 395. The summed E-state index contributed by atoms with van der Waals surface area (Å²) in [4.78, 5) is 11.2. The minimum atomic E-state index is -0.794. The van der Waals surface area contributed by atoms with Crippen LogP contribution >= 0.6 is 11.6 Å². The fourth-order valence-corrected chi connectivity index (χ4v) is 2.06. The summed E-state index contributed by atoms with van der Waals surface area (Å²) < 4.78 is 0. The quantitative estimate of drug-likeness (QED) is 0.795. The maximum atomic E-state index is 11.2. The smallest absolute Gasteiger partial charge is 0.320 e. The van der Waals surface area contributed by atoms with Crippen molar-refractivity contribution in [2.45, 2.75) is 45.2 Å². The normalized spacial score (nSPS) is 14.2. The van der Waals surface area contributed by atoms with Gasteiger partial charge in [0, 0.05) is 11.1 Å². The van der Waals surface area contributed by atoms with E-state index in [1.54, 1.807) is 0 Å². The lowest BCUT2D eigenvalue weighted by Gasteiger charge is -2.20. The van der Waals surface area contributed by atoms with Crippen LogP contribution in [0.15, 0.2) is 24.3 Å². The second-order valence-corrected chi connectivity index (χ2v) is 4.91. The first-order valence-electron chi connectivity index (χ1n) is 6.29. The third-order valence-electron chi connectivity index (χ3n) is 2.94. The molecule has 1 aromatic rings. The van der Waals surface area contributed by atoms with Crippen molar-refractivity contribution in [3.63, 3.8) is 0 Å². The zero-order valence-corrected chi connectivity index (χ0v) is 11.6. The summed E-state index contributed by atoms with van der Waals surface area (Å²) in [6, 6.07) is 6.96. The molecule has 0 aliphatic rings. The maximum Gasteiger partial charge on any atom is 0.320 e. The van der Waals surface area contributed by atoms with Gasteiger partial charge in [-0.25, -0.2) is 0 Å². The van der Waals surface area contributed by atoms with Crippen LogP contribution in [-0.2, 0) is 4.79 Å². The number of nitrogens with one attached hydrogen (secondary N) is 1. The Hall–Kier alpha value is -1.06. The zero-order chi connectivity index (χ0) is 13.5. The molecule has 100 valence electrons. The highest BCUT2D eigenvalue weighted by molar-refractivity contribution is 6.30. The van der Waals surface area contributed by atoms with Gasteiger partial charge in [-0.05, 0) is 31.0 Å². The number of rotatable bonds is 7. The van der Waals surface area contributed by atoms with Crippen molar-refractivity contribution in [1.82, 2.24) is 5.32 Å². The second kappa shape index (κ2) is 7.39. The van der Waals surface area contributed by atoms with Gasteiger partial charge < -0.3 is 5.11 Å². The van der Waals surface area contributed by atoms with Gasteiger partial charge in [-0.15, -0.1) is 0 Å². The average Bonchev–Trinajstić information content (AvgIpc) is 2.33. The number of carboxylic acids is 1. The highest BCUT2D eigenvalue weighted by Crippen LogP contribution is 2.18. The number of unbranched alkanes of at least 4 members (excludes halogenated alkanes) is 1. The topological polar surface area (TPSA) is 49.3 Å². The van der Waals surface area contributed by atoms with Gasteiger partial charge in [-0.1, -0.05) is 43.5 Å². The number of benzene rings is 1. The number of halogens is 1. The molecular weight excluding hydrogens is 250 g/mol. The molecule has 2 N–H and O–H groups in total. The van der Waals surface area contributed by atoms with E-state index in [1.165, 1.54) is 0 Å². The molecule has 0 bridgehead atoms. The molecule has 0 spiro atoms. The molecule has 0 amide bonds. The van der Waals surface area contributed by atoms with Gasteiger partial charge in [-0.3, -0.25) is 10.1 Å². The number of hydrogen-bond acceptors (Lipinski definition) is 2. The first kappa shape index (κ1) is 15.0. The summed E-state index contributed by atoms with van der Waals surface area (Å²) >= 11 is 5.93. The molecule has 2 unspecified atom stereocenters. The maximum absolute atomic E-state index is 11.2. The van der Waals surface area contributed by atoms with Crippen LogP contribution < -0.4 is 5.32 Å². The number of hydrogen-bond donors (Lipinski definition) is 2. The van der Waals surface area contributed by atoms with E-state index in [2.05, 4.69) is 12.2 Å². The van der Waals surface area contributed by atoms with Crippen molar-refractivity contribution < 1.29 is 9.90 Å². The second-order valence-electron chi connectivity index (χ2n) is 4.48. The Morgan fingerprint density at radius 2 is 2.22 bits per heavy atom. The monoisotopic (exact) mass is 269 g/mol. The summed E-state index contributed by atoms with van der Waals surface area (Å²) in [5.74, 6) is -0.794. The van der Waals surface area contributed by atoms with Crippen molar-refractivity contribution in [2.24, 2.45) is 0 Å². The molecule has 0 aliphatic carbocycles. The summed E-state index contributed by atoms with van der Waals surface area (Å²) in [7, 11) is 0. The van der Waals surface area contributed by atoms with E-state index in [0.717, 1.165) is 18.4 Å². The standard InChI is InChI=1S/C14H20ClNO2/c1-3-4-8-13(14(17)18)16-10(2)11-6-5-7-12(15)9-11/h5-7,9-10,13,16H,3-4,8H2,1-2H3,(H,17,18). The van der Waals surface area contributed by atoms with E-state index in [1.807, 2.05) is 31.2 Å². The van der Waals surface area contributed by atoms with Gasteiger partial charge in [0.25, 0.3) is 0 Å². The Kier molecular flexibility index (Phi) is 6.16. The molecule has 1 rings (SSSR count). The third-order valence-corrected chi connectivity index (χ3v) is 3.18. The molecular formula is C14H20ClNO2. The molecule has 0 aliphatic heterocycles. The van der Waals surface area contributed by atoms with Gasteiger partial charge in [0.05, 0.1) is 0 Å². The Morgan fingerprint density at radius 1 is 1.50 bits per heavy atom. The van der Waals surface area contributed by atoms with Crippen LogP contribution in [0.4, 0.5) is 0 Å². The SMILES string of the molecule is CCCCC(NC(C)c1cccc(Cl)c1)C(=O)O. The van der Waals surface area contributed by atoms with Crippen LogP contribution in [0.3, 0.4) is 0 Å². The van der Waals surface area contributed by atoms with Gasteiger partial charge >= 0.3 is 5.97 Å². The minimum absolute atomic E-state index is 0.0262. The van der Waals surface area contributed by atoms with Crippen molar-refractivity contribution >= 4 is 17.6 Å². The first-order chi connectivity index (χ1) is 8.54. The van der Waals surface area contributed by atoms with Crippen LogP contribution in [0.2, 0.25) is 5.02 Å².